The van der Waals surface area contributed by atoms with Gasteiger partial charge in [-0.25, -0.2) is 4.79 Å². The van der Waals surface area contributed by atoms with Gasteiger partial charge in [-0.05, 0) is 18.4 Å². The maximum atomic E-state index is 10.8. The number of benzene rings is 1. The minimum Gasteiger partial charge on any atom is -0.478 e. The number of hydrogen-bond donors (Lipinski definition) is 1. The van der Waals surface area contributed by atoms with Gasteiger partial charge in [0, 0.05) is 6.54 Å². The molecule has 1 aromatic carbocycles. The lowest BCUT2D eigenvalue weighted by molar-refractivity contribution is 0.0697. The van der Waals surface area contributed by atoms with Gasteiger partial charge in [0.1, 0.15) is 10.7 Å². The van der Waals surface area contributed by atoms with Crippen LogP contribution in [0, 0.1) is 0 Å². The van der Waals surface area contributed by atoms with Crippen LogP contribution in [0.2, 0.25) is 5.15 Å². The second-order valence-electron chi connectivity index (χ2n) is 3.97. The molecule has 0 atom stereocenters. The number of hydrogen-bond acceptors (Lipinski definition) is 2. The Hall–Kier alpha value is -1.81. The molecule has 0 radical (unpaired) electrons. The summed E-state index contributed by atoms with van der Waals surface area (Å²) in [5.41, 5.74) is 1.30. The molecule has 0 amide bonds. The first-order chi connectivity index (χ1) is 8.68. The van der Waals surface area contributed by atoms with Crippen molar-refractivity contribution in [1.82, 2.24) is 9.78 Å². The lowest BCUT2D eigenvalue weighted by atomic mass is 10.1. The molecule has 2 aromatic rings. The summed E-state index contributed by atoms with van der Waals surface area (Å²) in [6.45, 7) is 0.612. The van der Waals surface area contributed by atoms with E-state index in [1.165, 1.54) is 16.4 Å². The van der Waals surface area contributed by atoms with Crippen molar-refractivity contribution in [3.05, 3.63) is 52.8 Å². The Morgan fingerprint density at radius 3 is 2.67 bits per heavy atom. The van der Waals surface area contributed by atoms with Gasteiger partial charge in [-0.15, -0.1) is 0 Å². The van der Waals surface area contributed by atoms with Gasteiger partial charge in [-0.1, -0.05) is 41.9 Å². The van der Waals surface area contributed by atoms with E-state index in [0.717, 1.165) is 12.8 Å². The van der Waals surface area contributed by atoms with E-state index in [2.05, 4.69) is 17.2 Å². The Bertz CT molecular complexity index is 537. The lowest BCUT2D eigenvalue weighted by Crippen LogP contribution is -2.03. The van der Waals surface area contributed by atoms with Gasteiger partial charge in [0.25, 0.3) is 0 Å². The van der Waals surface area contributed by atoms with Gasteiger partial charge >= 0.3 is 5.97 Å². The highest BCUT2D eigenvalue weighted by molar-refractivity contribution is 6.32. The Labute approximate surface area is 110 Å². The number of carboxylic acid groups (broad SMARTS) is 1. The second kappa shape index (κ2) is 5.69. The molecule has 2 rings (SSSR count). The molecule has 0 aliphatic carbocycles. The Morgan fingerprint density at radius 1 is 1.33 bits per heavy atom. The number of carbonyl (C=O) groups is 1. The predicted octanol–water partition coefficient (Wildman–Crippen LogP) is 2.87. The Morgan fingerprint density at radius 2 is 2.06 bits per heavy atom. The van der Waals surface area contributed by atoms with Crippen LogP contribution < -0.4 is 0 Å². The van der Waals surface area contributed by atoms with Gasteiger partial charge < -0.3 is 5.11 Å². The van der Waals surface area contributed by atoms with Gasteiger partial charge in [0.05, 0.1) is 6.20 Å². The molecule has 1 aromatic heterocycles. The molecular formula is C13H13ClN2O2. The number of aryl methyl sites for hydroxylation is 2. The van der Waals surface area contributed by atoms with Crippen LogP contribution in [0.25, 0.3) is 0 Å². The van der Waals surface area contributed by atoms with Crippen molar-refractivity contribution in [2.75, 3.05) is 0 Å². The van der Waals surface area contributed by atoms with Gasteiger partial charge in [-0.2, -0.15) is 5.10 Å². The molecule has 4 nitrogen and oxygen atoms in total. The minimum absolute atomic E-state index is 0.0522. The fourth-order valence-electron chi connectivity index (χ4n) is 1.75. The number of aromatic carboxylic acids is 1. The fraction of sp³-hybridized carbons (Fsp3) is 0.231. The highest BCUT2D eigenvalue weighted by Gasteiger charge is 2.14. The average Bonchev–Trinajstić information content (AvgIpc) is 2.73. The molecule has 0 unspecified atom stereocenters. The van der Waals surface area contributed by atoms with Crippen LogP contribution >= 0.6 is 11.6 Å². The van der Waals surface area contributed by atoms with Crippen molar-refractivity contribution in [3.8, 4) is 0 Å². The van der Waals surface area contributed by atoms with Crippen LogP contribution in [0.1, 0.15) is 22.3 Å². The summed E-state index contributed by atoms with van der Waals surface area (Å²) in [6.07, 6.45) is 3.07. The van der Waals surface area contributed by atoms with E-state index in [0.29, 0.717) is 6.54 Å². The Kier molecular flexibility index (Phi) is 3.99. The molecule has 1 heterocycles. The molecule has 18 heavy (non-hydrogen) atoms. The third-order valence-corrected chi connectivity index (χ3v) is 3.08. The first-order valence-corrected chi connectivity index (χ1v) is 6.05. The molecule has 0 fully saturated rings. The van der Waals surface area contributed by atoms with Crippen molar-refractivity contribution in [2.24, 2.45) is 0 Å². The molecule has 1 N–H and O–H groups in total. The van der Waals surface area contributed by atoms with Crippen LogP contribution in [0.4, 0.5) is 0 Å². The van der Waals surface area contributed by atoms with Crippen LogP contribution in [0.15, 0.2) is 36.5 Å². The van der Waals surface area contributed by atoms with Crippen LogP contribution in [-0.4, -0.2) is 20.9 Å². The summed E-state index contributed by atoms with van der Waals surface area (Å²) in [7, 11) is 0. The van der Waals surface area contributed by atoms with Crippen LogP contribution in [-0.2, 0) is 13.0 Å². The molecule has 0 aliphatic rings. The van der Waals surface area contributed by atoms with E-state index >= 15 is 0 Å². The summed E-state index contributed by atoms with van der Waals surface area (Å²) in [5.74, 6) is -1.05. The fourth-order valence-corrected chi connectivity index (χ4v) is 2.01. The zero-order chi connectivity index (χ0) is 13.0. The second-order valence-corrected chi connectivity index (χ2v) is 4.32. The third-order valence-electron chi connectivity index (χ3n) is 2.68. The van der Waals surface area contributed by atoms with E-state index < -0.39 is 5.97 Å². The molecule has 94 valence electrons. The third kappa shape index (κ3) is 2.90. The summed E-state index contributed by atoms with van der Waals surface area (Å²) in [5, 5.41) is 13.0. The molecule has 0 saturated heterocycles. The van der Waals surface area contributed by atoms with Crippen LogP contribution in [0.5, 0.6) is 0 Å². The lowest BCUT2D eigenvalue weighted by Gasteiger charge is -2.03. The van der Waals surface area contributed by atoms with Gasteiger partial charge in [0.15, 0.2) is 0 Å². The summed E-state index contributed by atoms with van der Waals surface area (Å²) >= 11 is 5.92. The number of carboxylic acids is 1. The van der Waals surface area contributed by atoms with E-state index in [-0.39, 0.29) is 10.7 Å². The normalized spacial score (nSPS) is 10.5. The molecule has 0 aliphatic heterocycles. The topological polar surface area (TPSA) is 55.1 Å². The molecule has 0 spiro atoms. The zero-order valence-corrected chi connectivity index (χ0v) is 10.5. The quantitative estimate of drug-likeness (QED) is 0.903. The van der Waals surface area contributed by atoms with Crippen LogP contribution in [0.3, 0.4) is 0 Å². The molecule has 5 heteroatoms. The van der Waals surface area contributed by atoms with Gasteiger partial charge in [-0.3, -0.25) is 4.68 Å². The van der Waals surface area contributed by atoms with Gasteiger partial charge in [0.2, 0.25) is 0 Å². The number of halogens is 1. The van der Waals surface area contributed by atoms with Crippen molar-refractivity contribution in [1.29, 1.82) is 0 Å². The number of rotatable bonds is 5. The first kappa shape index (κ1) is 12.6. The molecule has 0 saturated carbocycles. The zero-order valence-electron chi connectivity index (χ0n) is 9.71. The van der Waals surface area contributed by atoms with E-state index in [1.807, 2.05) is 18.2 Å². The highest BCUT2D eigenvalue weighted by atomic mass is 35.5. The molecular weight excluding hydrogens is 252 g/mol. The van der Waals surface area contributed by atoms with E-state index in [9.17, 15) is 4.79 Å². The summed E-state index contributed by atoms with van der Waals surface area (Å²) in [4.78, 5) is 10.8. The smallest absolute Gasteiger partial charge is 0.340 e. The Balaban J connectivity index is 1.93. The van der Waals surface area contributed by atoms with Crippen molar-refractivity contribution >= 4 is 17.6 Å². The number of nitrogens with zero attached hydrogens (tertiary/aromatic N) is 2. The summed E-state index contributed by atoms with van der Waals surface area (Å²) < 4.78 is 1.52. The number of aromatic nitrogens is 2. The average molecular weight is 265 g/mol. The maximum absolute atomic E-state index is 10.8. The largest absolute Gasteiger partial charge is 0.478 e. The van der Waals surface area contributed by atoms with Crippen molar-refractivity contribution in [2.45, 2.75) is 19.4 Å². The summed E-state index contributed by atoms with van der Waals surface area (Å²) in [6, 6.07) is 10.1. The highest BCUT2D eigenvalue weighted by Crippen LogP contribution is 2.16. The first-order valence-electron chi connectivity index (χ1n) is 5.67. The monoisotopic (exact) mass is 264 g/mol. The SMILES string of the molecule is O=C(O)c1cnn(CCCc2ccccc2)c1Cl. The minimum atomic E-state index is -1.05. The predicted molar refractivity (Wildman–Crippen MR) is 69.0 cm³/mol. The maximum Gasteiger partial charge on any atom is 0.340 e. The van der Waals surface area contributed by atoms with Crippen molar-refractivity contribution in [3.63, 3.8) is 0 Å². The van der Waals surface area contributed by atoms with E-state index in [1.54, 1.807) is 0 Å². The standard InChI is InChI=1S/C13H13ClN2O2/c14-12-11(13(17)18)9-15-16(12)8-4-7-10-5-2-1-3-6-10/h1-3,5-6,9H,4,7-8H2,(H,17,18). The van der Waals surface area contributed by atoms with Crippen molar-refractivity contribution < 1.29 is 9.90 Å². The van der Waals surface area contributed by atoms with E-state index in [4.69, 9.17) is 16.7 Å². The molecule has 0 bridgehead atoms.